The van der Waals surface area contributed by atoms with Gasteiger partial charge in [-0.15, -0.1) is 0 Å². The summed E-state index contributed by atoms with van der Waals surface area (Å²) in [5, 5.41) is 0.796. The van der Waals surface area contributed by atoms with E-state index in [0.29, 0.717) is 6.10 Å². The van der Waals surface area contributed by atoms with Crippen LogP contribution >= 0.6 is 34.2 Å². The third-order valence-electron chi connectivity index (χ3n) is 3.72. The minimum atomic E-state index is 0.250. The summed E-state index contributed by atoms with van der Waals surface area (Å²) in [5.74, 6) is 0. The maximum absolute atomic E-state index is 6.28. The molecule has 1 saturated heterocycles. The third-order valence-corrected chi connectivity index (χ3v) is 4.99. The fraction of sp³-hybridized carbons (Fsp3) is 0.625. The van der Waals surface area contributed by atoms with E-state index in [4.69, 9.17) is 16.3 Å². The molecule has 0 unspecified atom stereocenters. The first-order valence-corrected chi connectivity index (χ1v) is 8.86. The van der Waals surface area contributed by atoms with Gasteiger partial charge in [0.05, 0.1) is 12.2 Å². The van der Waals surface area contributed by atoms with E-state index in [-0.39, 0.29) is 6.10 Å². The summed E-state index contributed by atoms with van der Waals surface area (Å²) in [4.78, 5) is 0. The van der Waals surface area contributed by atoms with Crippen molar-refractivity contribution in [3.8, 4) is 0 Å². The zero-order chi connectivity index (χ0) is 13.7. The molecule has 0 aliphatic carbocycles. The van der Waals surface area contributed by atoms with Crippen LogP contribution in [-0.2, 0) is 4.74 Å². The molecular weight excluding hydrogens is 371 g/mol. The van der Waals surface area contributed by atoms with Gasteiger partial charge in [0.2, 0.25) is 0 Å². The van der Waals surface area contributed by atoms with E-state index >= 15 is 0 Å². The standard InChI is InChI=1S/C16H22ClIO/c1-2-3-4-5-15-10-14(18)11-16(19-15)12-6-8-13(17)9-7-12/h6-9,14-16H,2-5,10-11H2,1H3/t14-,15+,16+/m0/s1. The van der Waals surface area contributed by atoms with E-state index < -0.39 is 0 Å². The zero-order valence-electron chi connectivity index (χ0n) is 11.4. The molecule has 106 valence electrons. The van der Waals surface area contributed by atoms with Crippen molar-refractivity contribution in [2.45, 2.75) is 61.6 Å². The first-order valence-electron chi connectivity index (χ1n) is 7.24. The third kappa shape index (κ3) is 4.91. The Labute approximate surface area is 135 Å². The maximum Gasteiger partial charge on any atom is 0.0838 e. The van der Waals surface area contributed by atoms with Gasteiger partial charge in [-0.3, -0.25) is 0 Å². The average Bonchev–Trinajstić information content (AvgIpc) is 2.39. The van der Waals surface area contributed by atoms with Crippen LogP contribution in [0.25, 0.3) is 0 Å². The van der Waals surface area contributed by atoms with Gasteiger partial charge in [-0.25, -0.2) is 0 Å². The Kier molecular flexibility index (Phi) is 6.43. The number of halogens is 2. The lowest BCUT2D eigenvalue weighted by Crippen LogP contribution is -2.28. The molecule has 0 amide bonds. The zero-order valence-corrected chi connectivity index (χ0v) is 14.4. The van der Waals surface area contributed by atoms with Crippen LogP contribution in [-0.4, -0.2) is 10.0 Å². The van der Waals surface area contributed by atoms with Gasteiger partial charge in [-0.2, -0.15) is 0 Å². The van der Waals surface area contributed by atoms with Gasteiger partial charge in [0, 0.05) is 8.95 Å². The molecule has 1 aromatic carbocycles. The van der Waals surface area contributed by atoms with E-state index in [0.717, 1.165) is 15.4 Å². The van der Waals surface area contributed by atoms with Gasteiger partial charge in [-0.1, -0.05) is 72.5 Å². The number of hydrogen-bond acceptors (Lipinski definition) is 1. The van der Waals surface area contributed by atoms with E-state index in [1.165, 1.54) is 37.7 Å². The molecule has 2 rings (SSSR count). The van der Waals surface area contributed by atoms with Gasteiger partial charge in [0.1, 0.15) is 0 Å². The van der Waals surface area contributed by atoms with E-state index in [9.17, 15) is 0 Å². The van der Waals surface area contributed by atoms with Gasteiger partial charge in [0.25, 0.3) is 0 Å². The molecule has 19 heavy (non-hydrogen) atoms. The van der Waals surface area contributed by atoms with Crippen LogP contribution in [0.1, 0.15) is 57.1 Å². The fourth-order valence-corrected chi connectivity index (χ4v) is 3.81. The lowest BCUT2D eigenvalue weighted by molar-refractivity contribution is -0.0512. The van der Waals surface area contributed by atoms with Crippen molar-refractivity contribution in [2.24, 2.45) is 0 Å². The fourth-order valence-electron chi connectivity index (χ4n) is 2.66. The summed E-state index contributed by atoms with van der Waals surface area (Å²) >= 11 is 8.53. The highest BCUT2D eigenvalue weighted by Crippen LogP contribution is 2.36. The molecule has 0 N–H and O–H groups in total. The predicted molar refractivity (Wildman–Crippen MR) is 90.3 cm³/mol. The summed E-state index contributed by atoms with van der Waals surface area (Å²) in [6, 6.07) is 8.13. The van der Waals surface area contributed by atoms with E-state index in [1.807, 2.05) is 12.1 Å². The molecule has 0 spiro atoms. The highest BCUT2D eigenvalue weighted by Gasteiger charge is 2.28. The number of rotatable bonds is 5. The second kappa shape index (κ2) is 7.84. The molecule has 1 aliphatic rings. The first-order chi connectivity index (χ1) is 9.19. The van der Waals surface area contributed by atoms with Crippen molar-refractivity contribution >= 4 is 34.2 Å². The van der Waals surface area contributed by atoms with Crippen LogP contribution in [0.5, 0.6) is 0 Å². The largest absolute Gasteiger partial charge is 0.370 e. The Hall–Kier alpha value is 0.200. The van der Waals surface area contributed by atoms with Crippen LogP contribution in [0.15, 0.2) is 24.3 Å². The molecule has 1 nitrogen and oxygen atoms in total. The maximum atomic E-state index is 6.28. The molecule has 1 aliphatic heterocycles. The van der Waals surface area contributed by atoms with E-state index in [1.54, 1.807) is 0 Å². The first kappa shape index (κ1) is 15.6. The molecule has 3 atom stereocenters. The van der Waals surface area contributed by atoms with E-state index in [2.05, 4.69) is 41.6 Å². The van der Waals surface area contributed by atoms with Crippen LogP contribution in [0, 0.1) is 0 Å². The molecule has 1 heterocycles. The lowest BCUT2D eigenvalue weighted by Gasteiger charge is -2.33. The van der Waals surface area contributed by atoms with Crippen LogP contribution in [0.2, 0.25) is 5.02 Å². The SMILES string of the molecule is CCCCC[C@@H]1C[C@H](I)C[C@H](c2ccc(Cl)cc2)O1. The van der Waals surface area contributed by atoms with Crippen molar-refractivity contribution in [1.82, 2.24) is 0 Å². The summed E-state index contributed by atoms with van der Waals surface area (Å²) in [6.45, 7) is 2.25. The molecular formula is C16H22ClIO. The quantitative estimate of drug-likeness (QED) is 0.342. The highest BCUT2D eigenvalue weighted by molar-refractivity contribution is 14.1. The van der Waals surface area contributed by atoms with Crippen LogP contribution in [0.3, 0.4) is 0 Å². The van der Waals surface area contributed by atoms with Gasteiger partial charge in [-0.05, 0) is 37.0 Å². The summed E-state index contributed by atoms with van der Waals surface area (Å²) in [5.41, 5.74) is 1.27. The molecule has 0 aromatic heterocycles. The van der Waals surface area contributed by atoms with Crippen molar-refractivity contribution in [1.29, 1.82) is 0 Å². The molecule has 0 bridgehead atoms. The summed E-state index contributed by atoms with van der Waals surface area (Å²) < 4.78 is 7.00. The number of ether oxygens (including phenoxy) is 1. The summed E-state index contributed by atoms with van der Waals surface area (Å²) in [7, 11) is 0. The minimum Gasteiger partial charge on any atom is -0.370 e. The average molecular weight is 393 g/mol. The Bertz CT molecular complexity index is 379. The molecule has 0 radical (unpaired) electrons. The Morgan fingerprint density at radius 3 is 2.63 bits per heavy atom. The molecule has 3 heteroatoms. The second-order valence-corrected chi connectivity index (χ2v) is 7.56. The predicted octanol–water partition coefficient (Wildman–Crippen LogP) is 5.94. The van der Waals surface area contributed by atoms with Gasteiger partial charge < -0.3 is 4.74 Å². The van der Waals surface area contributed by atoms with Gasteiger partial charge >= 0.3 is 0 Å². The van der Waals surface area contributed by atoms with Crippen molar-refractivity contribution < 1.29 is 4.74 Å². The van der Waals surface area contributed by atoms with Crippen molar-refractivity contribution in [3.05, 3.63) is 34.9 Å². The molecule has 1 fully saturated rings. The van der Waals surface area contributed by atoms with Crippen LogP contribution < -0.4 is 0 Å². The number of alkyl halides is 1. The van der Waals surface area contributed by atoms with Crippen molar-refractivity contribution in [3.63, 3.8) is 0 Å². The Morgan fingerprint density at radius 1 is 1.21 bits per heavy atom. The monoisotopic (exact) mass is 392 g/mol. The number of benzene rings is 1. The molecule has 0 saturated carbocycles. The second-order valence-electron chi connectivity index (χ2n) is 5.36. The smallest absolute Gasteiger partial charge is 0.0838 e. The van der Waals surface area contributed by atoms with Crippen molar-refractivity contribution in [2.75, 3.05) is 0 Å². The lowest BCUT2D eigenvalue weighted by atomic mass is 9.96. The molecule has 1 aromatic rings. The summed E-state index contributed by atoms with van der Waals surface area (Å²) in [6.07, 6.45) is 8.09. The minimum absolute atomic E-state index is 0.250. The highest BCUT2D eigenvalue weighted by atomic mass is 127. The van der Waals surface area contributed by atoms with Gasteiger partial charge in [0.15, 0.2) is 0 Å². The Balaban J connectivity index is 1.95. The normalized spacial score (nSPS) is 27.4. The van der Waals surface area contributed by atoms with Crippen LogP contribution in [0.4, 0.5) is 0 Å². The number of unbranched alkanes of at least 4 members (excludes halogenated alkanes) is 2. The Morgan fingerprint density at radius 2 is 1.95 bits per heavy atom. The topological polar surface area (TPSA) is 9.23 Å². The number of hydrogen-bond donors (Lipinski definition) is 0.